The molecule has 0 saturated heterocycles. The summed E-state index contributed by atoms with van der Waals surface area (Å²) in [5.41, 5.74) is 0.894. The minimum atomic E-state index is -0.402. The molecule has 0 radical (unpaired) electrons. The Hall–Kier alpha value is -0.290. The summed E-state index contributed by atoms with van der Waals surface area (Å²) in [4.78, 5) is 1.94. The third-order valence-electron chi connectivity index (χ3n) is 2.03. The molecule has 0 amide bonds. The molecular weight excluding hydrogens is 291 g/mol. The maximum atomic E-state index is 9.69. The molecule has 16 heavy (non-hydrogen) atoms. The highest BCUT2D eigenvalue weighted by Crippen LogP contribution is 2.25. The molecule has 0 spiro atoms. The third kappa shape index (κ3) is 4.70. The first-order valence-electron chi connectivity index (χ1n) is 5.00. The van der Waals surface area contributed by atoms with Crippen molar-refractivity contribution in [2.45, 2.75) is 6.10 Å². The predicted octanol–water partition coefficient (Wildman–Crippen LogP) is 2.44. The largest absolute Gasteiger partial charge is 0.390 e. The Kier molecular flexibility index (Phi) is 5.55. The van der Waals surface area contributed by atoms with Gasteiger partial charge in [0.05, 0.1) is 6.10 Å². The van der Waals surface area contributed by atoms with Crippen LogP contribution < -0.4 is 5.32 Å². The van der Waals surface area contributed by atoms with E-state index in [-0.39, 0.29) is 0 Å². The fraction of sp³-hybridized carbons (Fsp3) is 0.455. The van der Waals surface area contributed by atoms with Gasteiger partial charge in [-0.3, -0.25) is 0 Å². The van der Waals surface area contributed by atoms with Gasteiger partial charge in [-0.1, -0.05) is 11.6 Å². The number of hydrogen-bond donors (Lipinski definition) is 2. The number of rotatable bonds is 5. The first-order chi connectivity index (χ1) is 7.49. The first-order valence-corrected chi connectivity index (χ1v) is 6.18. The maximum absolute atomic E-state index is 9.69. The second-order valence-electron chi connectivity index (χ2n) is 3.92. The molecule has 5 heteroatoms. The van der Waals surface area contributed by atoms with E-state index in [1.54, 1.807) is 0 Å². The summed E-state index contributed by atoms with van der Waals surface area (Å²) in [5, 5.41) is 13.5. The summed E-state index contributed by atoms with van der Waals surface area (Å²) in [5.74, 6) is 0. The van der Waals surface area contributed by atoms with Gasteiger partial charge in [-0.2, -0.15) is 0 Å². The summed E-state index contributed by atoms with van der Waals surface area (Å²) in [6.45, 7) is 1.13. The molecule has 1 aromatic carbocycles. The van der Waals surface area contributed by atoms with Crippen molar-refractivity contribution in [1.82, 2.24) is 4.90 Å². The van der Waals surface area contributed by atoms with E-state index in [9.17, 15) is 5.11 Å². The van der Waals surface area contributed by atoms with Gasteiger partial charge in [-0.05, 0) is 48.2 Å². The van der Waals surface area contributed by atoms with Crippen LogP contribution in [0.3, 0.4) is 0 Å². The smallest absolute Gasteiger partial charge is 0.0838 e. The Morgan fingerprint density at radius 1 is 1.50 bits per heavy atom. The molecule has 2 N–H and O–H groups in total. The Morgan fingerprint density at radius 3 is 2.81 bits per heavy atom. The van der Waals surface area contributed by atoms with Gasteiger partial charge < -0.3 is 15.3 Å². The molecule has 0 fully saturated rings. The molecule has 0 aromatic heterocycles. The van der Waals surface area contributed by atoms with Crippen LogP contribution in [0.25, 0.3) is 0 Å². The first kappa shape index (κ1) is 13.8. The maximum Gasteiger partial charge on any atom is 0.0838 e. The molecule has 1 unspecified atom stereocenters. The molecule has 0 bridgehead atoms. The number of anilines is 1. The average molecular weight is 308 g/mol. The van der Waals surface area contributed by atoms with E-state index in [0.29, 0.717) is 18.1 Å². The van der Waals surface area contributed by atoms with Crippen LogP contribution >= 0.6 is 27.5 Å². The number of nitrogens with one attached hydrogen (secondary N) is 1. The van der Waals surface area contributed by atoms with E-state index >= 15 is 0 Å². The molecule has 1 rings (SSSR count). The van der Waals surface area contributed by atoms with Crippen molar-refractivity contribution >= 4 is 33.2 Å². The van der Waals surface area contributed by atoms with Gasteiger partial charge in [-0.25, -0.2) is 0 Å². The lowest BCUT2D eigenvalue weighted by atomic mass is 10.3. The number of nitrogens with zero attached hydrogens (tertiary/aromatic N) is 1. The Labute approximate surface area is 110 Å². The molecule has 0 heterocycles. The van der Waals surface area contributed by atoms with Crippen LogP contribution in [0.4, 0.5) is 5.69 Å². The van der Waals surface area contributed by atoms with Crippen LogP contribution in [0.2, 0.25) is 5.02 Å². The monoisotopic (exact) mass is 306 g/mol. The SMILES string of the molecule is CN(C)CC(O)CNc1cc(Cl)ccc1Br. The van der Waals surface area contributed by atoms with Crippen LogP contribution in [0, 0.1) is 0 Å². The lowest BCUT2D eigenvalue weighted by Crippen LogP contribution is -2.31. The molecular formula is C11H16BrClN2O. The zero-order valence-corrected chi connectivity index (χ0v) is 11.7. The molecule has 0 saturated carbocycles. The fourth-order valence-electron chi connectivity index (χ4n) is 1.35. The van der Waals surface area contributed by atoms with Crippen LogP contribution in [0.5, 0.6) is 0 Å². The zero-order chi connectivity index (χ0) is 12.1. The third-order valence-corrected chi connectivity index (χ3v) is 2.96. The highest BCUT2D eigenvalue weighted by Gasteiger charge is 2.06. The second kappa shape index (κ2) is 6.45. The normalized spacial score (nSPS) is 12.9. The van der Waals surface area contributed by atoms with Gasteiger partial charge in [0.2, 0.25) is 0 Å². The van der Waals surface area contributed by atoms with E-state index in [2.05, 4.69) is 21.2 Å². The van der Waals surface area contributed by atoms with Crippen LogP contribution in [-0.4, -0.2) is 43.3 Å². The molecule has 0 aliphatic rings. The minimum Gasteiger partial charge on any atom is -0.390 e. The second-order valence-corrected chi connectivity index (χ2v) is 5.21. The number of likely N-dealkylation sites (N-methyl/N-ethyl adjacent to an activating group) is 1. The van der Waals surface area contributed by atoms with Gasteiger partial charge >= 0.3 is 0 Å². The minimum absolute atomic E-state index is 0.402. The van der Waals surface area contributed by atoms with E-state index in [4.69, 9.17) is 11.6 Å². The molecule has 3 nitrogen and oxygen atoms in total. The van der Waals surface area contributed by atoms with Crippen LogP contribution in [0.15, 0.2) is 22.7 Å². The Morgan fingerprint density at radius 2 is 2.19 bits per heavy atom. The lowest BCUT2D eigenvalue weighted by Gasteiger charge is -2.17. The highest BCUT2D eigenvalue weighted by atomic mass is 79.9. The van der Waals surface area contributed by atoms with Gasteiger partial charge in [0.1, 0.15) is 0 Å². The van der Waals surface area contributed by atoms with Gasteiger partial charge in [0.25, 0.3) is 0 Å². The molecule has 1 atom stereocenters. The van der Waals surface area contributed by atoms with E-state index in [1.807, 2.05) is 37.2 Å². The van der Waals surface area contributed by atoms with Crippen LogP contribution in [0.1, 0.15) is 0 Å². The standard InChI is InChI=1S/C11H16BrClN2O/c1-15(2)7-9(16)6-14-11-5-8(13)3-4-10(11)12/h3-5,9,14,16H,6-7H2,1-2H3. The molecule has 90 valence electrons. The summed E-state index contributed by atoms with van der Waals surface area (Å²) in [6.07, 6.45) is -0.402. The summed E-state index contributed by atoms with van der Waals surface area (Å²) in [6, 6.07) is 5.52. The van der Waals surface area contributed by atoms with Crippen molar-refractivity contribution in [3.05, 3.63) is 27.7 Å². The number of benzene rings is 1. The van der Waals surface area contributed by atoms with E-state index in [0.717, 1.165) is 10.2 Å². The Bertz CT molecular complexity index is 347. The van der Waals surface area contributed by atoms with Crippen molar-refractivity contribution in [1.29, 1.82) is 0 Å². The lowest BCUT2D eigenvalue weighted by molar-refractivity contribution is 0.148. The van der Waals surface area contributed by atoms with E-state index < -0.39 is 6.10 Å². The van der Waals surface area contributed by atoms with Gasteiger partial charge in [0, 0.05) is 28.3 Å². The van der Waals surface area contributed by atoms with Crippen molar-refractivity contribution in [3.8, 4) is 0 Å². The van der Waals surface area contributed by atoms with Crippen molar-refractivity contribution in [2.75, 3.05) is 32.5 Å². The fourth-order valence-corrected chi connectivity index (χ4v) is 1.91. The number of aliphatic hydroxyl groups is 1. The van der Waals surface area contributed by atoms with Gasteiger partial charge in [-0.15, -0.1) is 0 Å². The van der Waals surface area contributed by atoms with Crippen molar-refractivity contribution in [2.24, 2.45) is 0 Å². The zero-order valence-electron chi connectivity index (χ0n) is 9.37. The Balaban J connectivity index is 2.51. The summed E-state index contributed by atoms with van der Waals surface area (Å²) >= 11 is 9.30. The number of hydrogen-bond acceptors (Lipinski definition) is 3. The predicted molar refractivity (Wildman–Crippen MR) is 72.2 cm³/mol. The highest BCUT2D eigenvalue weighted by molar-refractivity contribution is 9.10. The van der Waals surface area contributed by atoms with Crippen molar-refractivity contribution < 1.29 is 5.11 Å². The van der Waals surface area contributed by atoms with Gasteiger partial charge in [0.15, 0.2) is 0 Å². The number of aliphatic hydroxyl groups excluding tert-OH is 1. The van der Waals surface area contributed by atoms with Crippen LogP contribution in [-0.2, 0) is 0 Å². The summed E-state index contributed by atoms with van der Waals surface area (Å²) in [7, 11) is 3.86. The number of halogens is 2. The molecule has 1 aromatic rings. The molecule has 0 aliphatic carbocycles. The van der Waals surface area contributed by atoms with Crippen molar-refractivity contribution in [3.63, 3.8) is 0 Å². The quantitative estimate of drug-likeness (QED) is 0.877. The van der Waals surface area contributed by atoms with E-state index in [1.165, 1.54) is 0 Å². The topological polar surface area (TPSA) is 35.5 Å². The molecule has 0 aliphatic heterocycles. The average Bonchev–Trinajstić information content (AvgIpc) is 2.18. The summed E-state index contributed by atoms with van der Waals surface area (Å²) < 4.78 is 0.939.